The number of nitrogens with one attached hydrogen (secondary N) is 1. The highest BCUT2D eigenvalue weighted by Gasteiger charge is 2.53. The number of nitrogens with zero attached hydrogens (tertiary/aromatic N) is 2. The van der Waals surface area contributed by atoms with Crippen molar-refractivity contribution >= 4 is 0 Å². The smallest absolute Gasteiger partial charge is 0.0628 e. The van der Waals surface area contributed by atoms with Crippen LogP contribution in [0.1, 0.15) is 33.1 Å². The molecule has 0 amide bonds. The number of hydrogen-bond donors (Lipinski definition) is 1. The van der Waals surface area contributed by atoms with Gasteiger partial charge in [-0.15, -0.1) is 0 Å². The maximum atomic E-state index is 8.93. The number of rotatable bonds is 3. The predicted octanol–water partition coefficient (Wildman–Crippen LogP) is 1.61. The van der Waals surface area contributed by atoms with Gasteiger partial charge in [-0.05, 0) is 50.5 Å². The summed E-state index contributed by atoms with van der Waals surface area (Å²) < 4.78 is 0. The van der Waals surface area contributed by atoms with Crippen molar-refractivity contribution in [2.75, 3.05) is 26.2 Å². The van der Waals surface area contributed by atoms with Crippen molar-refractivity contribution in [3.05, 3.63) is 0 Å². The minimum atomic E-state index is 0.319. The van der Waals surface area contributed by atoms with Crippen molar-refractivity contribution in [1.82, 2.24) is 10.2 Å². The van der Waals surface area contributed by atoms with Gasteiger partial charge in [0.05, 0.1) is 6.07 Å². The molecule has 3 aliphatic rings. The van der Waals surface area contributed by atoms with Crippen molar-refractivity contribution in [3.8, 4) is 6.07 Å². The second-order valence-electron chi connectivity index (χ2n) is 6.89. The highest BCUT2D eigenvalue weighted by molar-refractivity contribution is 5.09. The van der Waals surface area contributed by atoms with Gasteiger partial charge in [-0.2, -0.15) is 5.26 Å². The van der Waals surface area contributed by atoms with Crippen LogP contribution in [0.4, 0.5) is 0 Å². The van der Waals surface area contributed by atoms with Crippen LogP contribution in [0.15, 0.2) is 0 Å². The summed E-state index contributed by atoms with van der Waals surface area (Å²) in [5, 5.41) is 12.5. The van der Waals surface area contributed by atoms with Crippen LogP contribution in [-0.2, 0) is 0 Å². The van der Waals surface area contributed by atoms with E-state index in [0.29, 0.717) is 11.0 Å². The molecule has 3 heteroatoms. The molecule has 2 heterocycles. The molecule has 2 saturated heterocycles. The van der Waals surface area contributed by atoms with E-state index in [1.807, 2.05) is 0 Å². The summed E-state index contributed by atoms with van der Waals surface area (Å²) >= 11 is 0. The van der Waals surface area contributed by atoms with Crippen LogP contribution in [-0.4, -0.2) is 36.6 Å². The lowest BCUT2D eigenvalue weighted by atomic mass is 9.84. The molecule has 3 rings (SSSR count). The third kappa shape index (κ3) is 1.78. The maximum Gasteiger partial charge on any atom is 0.0628 e. The topological polar surface area (TPSA) is 39.1 Å². The van der Waals surface area contributed by atoms with Crippen LogP contribution in [0, 0.1) is 28.6 Å². The van der Waals surface area contributed by atoms with Gasteiger partial charge < -0.3 is 5.32 Å². The molecule has 0 spiro atoms. The van der Waals surface area contributed by atoms with E-state index in [2.05, 4.69) is 30.1 Å². The standard InChI is InChI=1S/C14H23N3/c1-13(2)12-8-16-7-11(12)9-17(13)10-14(3-4-14)5-6-15/h11-12,16H,3-5,7-10H2,1-2H3. The number of likely N-dealkylation sites (tertiary alicyclic amines) is 1. The molecule has 0 aromatic carbocycles. The number of nitriles is 1. The Bertz CT molecular complexity index is 351. The van der Waals surface area contributed by atoms with Crippen molar-refractivity contribution in [2.24, 2.45) is 17.3 Å². The molecule has 94 valence electrons. The zero-order chi connectivity index (χ0) is 12.1. The van der Waals surface area contributed by atoms with Crippen molar-refractivity contribution in [3.63, 3.8) is 0 Å². The Hall–Kier alpha value is -0.590. The van der Waals surface area contributed by atoms with E-state index < -0.39 is 0 Å². The second kappa shape index (κ2) is 3.70. The van der Waals surface area contributed by atoms with E-state index in [0.717, 1.165) is 24.8 Å². The van der Waals surface area contributed by atoms with Crippen LogP contribution >= 0.6 is 0 Å². The normalized spacial score (nSPS) is 37.7. The molecule has 1 aliphatic carbocycles. The summed E-state index contributed by atoms with van der Waals surface area (Å²) in [6.07, 6.45) is 3.29. The number of hydrogen-bond acceptors (Lipinski definition) is 3. The molecule has 3 fully saturated rings. The summed E-state index contributed by atoms with van der Waals surface area (Å²) in [6, 6.07) is 2.38. The number of fused-ring (bicyclic) bond motifs is 1. The summed E-state index contributed by atoms with van der Waals surface area (Å²) in [5.74, 6) is 1.64. The van der Waals surface area contributed by atoms with Gasteiger partial charge in [0.25, 0.3) is 0 Å². The first kappa shape index (κ1) is 11.5. The molecule has 1 saturated carbocycles. The Balaban J connectivity index is 1.71. The molecule has 1 N–H and O–H groups in total. The molecule has 0 aromatic heterocycles. The first-order valence-corrected chi connectivity index (χ1v) is 6.90. The summed E-state index contributed by atoms with van der Waals surface area (Å²) in [5.41, 5.74) is 0.678. The van der Waals surface area contributed by atoms with Crippen LogP contribution in [0.2, 0.25) is 0 Å². The van der Waals surface area contributed by atoms with Gasteiger partial charge in [0, 0.05) is 31.6 Å². The zero-order valence-electron chi connectivity index (χ0n) is 11.0. The highest BCUT2D eigenvalue weighted by atomic mass is 15.3. The Labute approximate surface area is 104 Å². The van der Waals surface area contributed by atoms with E-state index in [1.54, 1.807) is 0 Å². The molecule has 2 aliphatic heterocycles. The van der Waals surface area contributed by atoms with Crippen LogP contribution < -0.4 is 5.32 Å². The Morgan fingerprint density at radius 3 is 2.71 bits per heavy atom. The van der Waals surface area contributed by atoms with E-state index in [1.165, 1.54) is 32.5 Å². The molecule has 0 aromatic rings. The summed E-state index contributed by atoms with van der Waals surface area (Å²) in [4.78, 5) is 2.67. The lowest BCUT2D eigenvalue weighted by Gasteiger charge is -2.37. The van der Waals surface area contributed by atoms with Crippen molar-refractivity contribution in [1.29, 1.82) is 5.26 Å². The lowest BCUT2D eigenvalue weighted by molar-refractivity contribution is 0.112. The Kier molecular flexibility index (Phi) is 2.50. The molecule has 2 unspecified atom stereocenters. The Morgan fingerprint density at radius 2 is 2.12 bits per heavy atom. The van der Waals surface area contributed by atoms with Crippen molar-refractivity contribution in [2.45, 2.75) is 38.6 Å². The minimum Gasteiger partial charge on any atom is -0.316 e. The quantitative estimate of drug-likeness (QED) is 0.805. The third-order valence-electron chi connectivity index (χ3n) is 5.45. The van der Waals surface area contributed by atoms with Gasteiger partial charge in [0.15, 0.2) is 0 Å². The molecular formula is C14H23N3. The Morgan fingerprint density at radius 1 is 1.35 bits per heavy atom. The van der Waals surface area contributed by atoms with Gasteiger partial charge in [-0.25, -0.2) is 0 Å². The van der Waals surface area contributed by atoms with Crippen LogP contribution in [0.5, 0.6) is 0 Å². The van der Waals surface area contributed by atoms with E-state index in [9.17, 15) is 0 Å². The molecule has 2 atom stereocenters. The summed E-state index contributed by atoms with van der Waals surface area (Å²) in [6.45, 7) is 9.55. The molecule has 0 bridgehead atoms. The van der Waals surface area contributed by atoms with Crippen LogP contribution in [0.3, 0.4) is 0 Å². The molecule has 17 heavy (non-hydrogen) atoms. The largest absolute Gasteiger partial charge is 0.316 e. The molecule has 0 radical (unpaired) electrons. The average Bonchev–Trinajstić information content (AvgIpc) is 2.77. The zero-order valence-corrected chi connectivity index (χ0v) is 11.0. The highest BCUT2D eigenvalue weighted by Crippen LogP contribution is 2.52. The minimum absolute atomic E-state index is 0.319. The first-order chi connectivity index (χ1) is 8.07. The first-order valence-electron chi connectivity index (χ1n) is 6.90. The third-order valence-corrected chi connectivity index (χ3v) is 5.45. The molecular weight excluding hydrogens is 210 g/mol. The fourth-order valence-corrected chi connectivity index (χ4v) is 3.91. The second-order valence-corrected chi connectivity index (χ2v) is 6.89. The van der Waals surface area contributed by atoms with E-state index >= 15 is 0 Å². The predicted molar refractivity (Wildman–Crippen MR) is 67.4 cm³/mol. The summed E-state index contributed by atoms with van der Waals surface area (Å²) in [7, 11) is 0. The van der Waals surface area contributed by atoms with Gasteiger partial charge in [0.1, 0.15) is 0 Å². The SMILES string of the molecule is CC1(C)C2CNCC2CN1CC1(CC#N)CC1. The van der Waals surface area contributed by atoms with Gasteiger partial charge in [-0.3, -0.25) is 4.90 Å². The van der Waals surface area contributed by atoms with Gasteiger partial charge in [-0.1, -0.05) is 0 Å². The monoisotopic (exact) mass is 233 g/mol. The fourth-order valence-electron chi connectivity index (χ4n) is 3.91. The van der Waals surface area contributed by atoms with E-state index in [-0.39, 0.29) is 0 Å². The fraction of sp³-hybridized carbons (Fsp3) is 0.929. The van der Waals surface area contributed by atoms with Gasteiger partial charge in [0.2, 0.25) is 0 Å². The maximum absolute atomic E-state index is 8.93. The average molecular weight is 233 g/mol. The van der Waals surface area contributed by atoms with Crippen LogP contribution in [0.25, 0.3) is 0 Å². The molecule has 3 nitrogen and oxygen atoms in total. The van der Waals surface area contributed by atoms with Crippen molar-refractivity contribution < 1.29 is 0 Å². The lowest BCUT2D eigenvalue weighted by Crippen LogP contribution is -2.46. The van der Waals surface area contributed by atoms with E-state index in [4.69, 9.17) is 5.26 Å². The van der Waals surface area contributed by atoms with Gasteiger partial charge >= 0.3 is 0 Å².